The molecule has 0 saturated carbocycles. The zero-order valence-corrected chi connectivity index (χ0v) is 13.9. The van der Waals surface area contributed by atoms with Crippen LogP contribution in [0.3, 0.4) is 0 Å². The van der Waals surface area contributed by atoms with Gasteiger partial charge in [-0.15, -0.1) is 0 Å². The van der Waals surface area contributed by atoms with Crippen molar-refractivity contribution in [3.05, 3.63) is 29.3 Å². The number of ether oxygens (including phenoxy) is 1. The molecule has 6 nitrogen and oxygen atoms in total. The predicted molar refractivity (Wildman–Crippen MR) is 85.5 cm³/mol. The molecule has 2 amide bonds. The molecule has 134 valence electrons. The average molecular weight is 343 g/mol. The summed E-state index contributed by atoms with van der Waals surface area (Å²) in [4.78, 5) is 23.4. The van der Waals surface area contributed by atoms with Gasteiger partial charge in [0.1, 0.15) is 5.75 Å². The van der Waals surface area contributed by atoms with Crippen LogP contribution in [0.15, 0.2) is 18.2 Å². The monoisotopic (exact) mass is 343 g/mol. The van der Waals surface area contributed by atoms with E-state index in [-0.39, 0.29) is 24.8 Å². The lowest BCUT2D eigenvalue weighted by atomic mass is 10.1. The van der Waals surface area contributed by atoms with Crippen LogP contribution in [0.1, 0.15) is 25.0 Å². The highest BCUT2D eigenvalue weighted by Crippen LogP contribution is 2.21. The molecule has 1 aromatic carbocycles. The number of nitrogens with two attached hydrogens (primary N) is 1. The van der Waals surface area contributed by atoms with Gasteiger partial charge in [0.05, 0.1) is 12.6 Å². The number of carbonyl (C=O) groups is 2. The molecule has 4 N–H and O–H groups in total. The molecule has 0 aromatic heterocycles. The molecule has 1 atom stereocenters. The van der Waals surface area contributed by atoms with E-state index in [9.17, 15) is 18.4 Å². The minimum Gasteiger partial charge on any atom is -0.434 e. The Kier molecular flexibility index (Phi) is 7.57. The lowest BCUT2D eigenvalue weighted by molar-refractivity contribution is -0.127. The highest BCUT2D eigenvalue weighted by atomic mass is 19.3. The van der Waals surface area contributed by atoms with Crippen molar-refractivity contribution in [2.45, 2.75) is 40.0 Å². The average Bonchev–Trinajstić information content (AvgIpc) is 2.51. The molecular weight excluding hydrogens is 320 g/mol. The number of hydrogen-bond acceptors (Lipinski definition) is 4. The molecule has 0 spiro atoms. The topological polar surface area (TPSA) is 93.5 Å². The van der Waals surface area contributed by atoms with Gasteiger partial charge >= 0.3 is 6.61 Å². The molecule has 0 unspecified atom stereocenters. The van der Waals surface area contributed by atoms with Crippen LogP contribution in [-0.4, -0.2) is 31.0 Å². The standard InChI is InChI=1S/C16H23F2N3O3/c1-9(2)14(19)15(23)21-8-13(22)20-7-11-6-10(3)4-5-12(11)24-16(17)18/h4-6,9,14,16H,7-8,19H2,1-3H3,(H,20,22)(H,21,23)/t14-/m0/s1. The summed E-state index contributed by atoms with van der Waals surface area (Å²) < 4.78 is 29.2. The molecule has 24 heavy (non-hydrogen) atoms. The molecule has 0 aliphatic carbocycles. The molecule has 1 aromatic rings. The number of aryl methyl sites for hydroxylation is 1. The first-order chi connectivity index (χ1) is 11.2. The highest BCUT2D eigenvalue weighted by Gasteiger charge is 2.17. The van der Waals surface area contributed by atoms with Crippen LogP contribution in [0.2, 0.25) is 0 Å². The van der Waals surface area contributed by atoms with E-state index in [1.807, 2.05) is 0 Å². The van der Waals surface area contributed by atoms with E-state index in [2.05, 4.69) is 15.4 Å². The SMILES string of the molecule is Cc1ccc(OC(F)F)c(CNC(=O)CNC(=O)[C@@H](N)C(C)C)c1. The largest absolute Gasteiger partial charge is 0.434 e. The third-order valence-corrected chi connectivity index (χ3v) is 3.35. The zero-order chi connectivity index (χ0) is 18.3. The number of rotatable bonds is 8. The van der Waals surface area contributed by atoms with Crippen molar-refractivity contribution < 1.29 is 23.1 Å². The van der Waals surface area contributed by atoms with Gasteiger partial charge in [-0.25, -0.2) is 0 Å². The Labute approximate surface area is 139 Å². The summed E-state index contributed by atoms with van der Waals surface area (Å²) in [5.41, 5.74) is 6.93. The van der Waals surface area contributed by atoms with E-state index in [0.717, 1.165) is 5.56 Å². The summed E-state index contributed by atoms with van der Waals surface area (Å²) in [6.45, 7) is 2.22. The van der Waals surface area contributed by atoms with Crippen LogP contribution in [0, 0.1) is 12.8 Å². The molecule has 0 aliphatic rings. The van der Waals surface area contributed by atoms with E-state index >= 15 is 0 Å². The summed E-state index contributed by atoms with van der Waals surface area (Å²) in [6, 6.07) is 4.01. The van der Waals surface area contributed by atoms with Crippen LogP contribution >= 0.6 is 0 Å². The number of nitrogens with one attached hydrogen (secondary N) is 2. The molecule has 0 fully saturated rings. The molecule has 0 radical (unpaired) electrons. The van der Waals surface area contributed by atoms with Gasteiger partial charge in [-0.3, -0.25) is 9.59 Å². The second kappa shape index (κ2) is 9.17. The van der Waals surface area contributed by atoms with Gasteiger partial charge in [0.15, 0.2) is 0 Å². The van der Waals surface area contributed by atoms with Crippen molar-refractivity contribution >= 4 is 11.8 Å². The molecule has 0 heterocycles. The van der Waals surface area contributed by atoms with Crippen molar-refractivity contribution in [3.63, 3.8) is 0 Å². The minimum absolute atomic E-state index is 0.00163. The van der Waals surface area contributed by atoms with Crippen LogP contribution in [-0.2, 0) is 16.1 Å². The van der Waals surface area contributed by atoms with Gasteiger partial charge < -0.3 is 21.1 Å². The number of carbonyl (C=O) groups excluding carboxylic acids is 2. The van der Waals surface area contributed by atoms with Crippen LogP contribution < -0.4 is 21.1 Å². The summed E-state index contributed by atoms with van der Waals surface area (Å²) in [6.07, 6.45) is 0. The fourth-order valence-electron chi connectivity index (χ4n) is 1.90. The van der Waals surface area contributed by atoms with Gasteiger partial charge in [-0.2, -0.15) is 8.78 Å². The Hall–Kier alpha value is -2.22. The van der Waals surface area contributed by atoms with Gasteiger partial charge in [0.2, 0.25) is 11.8 Å². The first kappa shape index (κ1) is 19.8. The minimum atomic E-state index is -2.95. The van der Waals surface area contributed by atoms with Gasteiger partial charge in [0.25, 0.3) is 0 Å². The highest BCUT2D eigenvalue weighted by molar-refractivity contribution is 5.87. The molecule has 1 rings (SSSR count). The van der Waals surface area contributed by atoms with Crippen molar-refractivity contribution in [1.82, 2.24) is 10.6 Å². The van der Waals surface area contributed by atoms with Gasteiger partial charge in [-0.05, 0) is 18.9 Å². The molecule has 0 bridgehead atoms. The number of amides is 2. The summed E-state index contributed by atoms with van der Waals surface area (Å²) in [5, 5.41) is 4.97. The van der Waals surface area contributed by atoms with E-state index in [4.69, 9.17) is 5.73 Å². The van der Waals surface area contributed by atoms with E-state index in [1.165, 1.54) is 6.07 Å². The summed E-state index contributed by atoms with van der Waals surface area (Å²) in [5.74, 6) is -0.919. The zero-order valence-electron chi connectivity index (χ0n) is 13.9. The maximum absolute atomic E-state index is 12.4. The number of halogens is 2. The molecule has 8 heteroatoms. The van der Waals surface area contributed by atoms with Crippen LogP contribution in [0.25, 0.3) is 0 Å². The fraction of sp³-hybridized carbons (Fsp3) is 0.500. The van der Waals surface area contributed by atoms with Crippen molar-refractivity contribution in [2.24, 2.45) is 11.7 Å². The quantitative estimate of drug-likeness (QED) is 0.663. The van der Waals surface area contributed by atoms with E-state index < -0.39 is 24.5 Å². The molecular formula is C16H23F2N3O3. The van der Waals surface area contributed by atoms with Gasteiger partial charge in [0, 0.05) is 12.1 Å². The maximum Gasteiger partial charge on any atom is 0.387 e. The number of alkyl halides is 2. The first-order valence-electron chi connectivity index (χ1n) is 7.55. The second-order valence-corrected chi connectivity index (χ2v) is 5.75. The summed E-state index contributed by atoms with van der Waals surface area (Å²) >= 11 is 0. The van der Waals surface area contributed by atoms with Crippen LogP contribution in [0.4, 0.5) is 8.78 Å². The number of benzene rings is 1. The Bertz CT molecular complexity index is 580. The number of hydrogen-bond donors (Lipinski definition) is 3. The molecule has 0 aliphatic heterocycles. The summed E-state index contributed by atoms with van der Waals surface area (Å²) in [7, 11) is 0. The first-order valence-corrected chi connectivity index (χ1v) is 7.55. The van der Waals surface area contributed by atoms with Gasteiger partial charge in [-0.1, -0.05) is 31.5 Å². The van der Waals surface area contributed by atoms with E-state index in [1.54, 1.807) is 32.9 Å². The van der Waals surface area contributed by atoms with Crippen molar-refractivity contribution in [3.8, 4) is 5.75 Å². The van der Waals surface area contributed by atoms with E-state index in [0.29, 0.717) is 5.56 Å². The second-order valence-electron chi connectivity index (χ2n) is 5.75. The Balaban J connectivity index is 2.55. The normalized spacial score (nSPS) is 12.2. The third-order valence-electron chi connectivity index (χ3n) is 3.35. The Morgan fingerprint density at radius 1 is 1.25 bits per heavy atom. The Morgan fingerprint density at radius 3 is 2.50 bits per heavy atom. The lowest BCUT2D eigenvalue weighted by Crippen LogP contribution is -2.47. The fourth-order valence-corrected chi connectivity index (χ4v) is 1.90. The van der Waals surface area contributed by atoms with Crippen molar-refractivity contribution in [2.75, 3.05) is 6.54 Å². The molecule has 0 saturated heterocycles. The Morgan fingerprint density at radius 2 is 1.92 bits per heavy atom. The smallest absolute Gasteiger partial charge is 0.387 e. The lowest BCUT2D eigenvalue weighted by Gasteiger charge is -2.15. The predicted octanol–water partition coefficient (Wildman–Crippen LogP) is 1.31. The maximum atomic E-state index is 12.4. The van der Waals surface area contributed by atoms with Crippen molar-refractivity contribution in [1.29, 1.82) is 0 Å². The third kappa shape index (κ3) is 6.49. The van der Waals surface area contributed by atoms with Crippen LogP contribution in [0.5, 0.6) is 5.75 Å².